The third-order valence-corrected chi connectivity index (χ3v) is 5.20. The predicted molar refractivity (Wildman–Crippen MR) is 110 cm³/mol. The molecule has 0 spiro atoms. The van der Waals surface area contributed by atoms with Gasteiger partial charge in [-0.25, -0.2) is 9.83 Å². The number of aromatic hydroxyl groups is 1. The van der Waals surface area contributed by atoms with E-state index in [-0.39, 0.29) is 5.75 Å². The Hall–Kier alpha value is -3.10. The Balaban J connectivity index is 1.23. The number of ether oxygens (including phenoxy) is 1. The maximum absolute atomic E-state index is 9.91. The summed E-state index contributed by atoms with van der Waals surface area (Å²) in [6, 6.07) is 15.2. The fraction of sp³-hybridized carbons (Fsp3) is 0.304. The van der Waals surface area contributed by atoms with Gasteiger partial charge in [-0.3, -0.25) is 4.90 Å². The van der Waals surface area contributed by atoms with Crippen LogP contribution in [0.15, 0.2) is 48.5 Å². The van der Waals surface area contributed by atoms with Crippen LogP contribution in [-0.2, 0) is 13.0 Å². The molecular formula is C23H23N3O2. The molecule has 142 valence electrons. The summed E-state index contributed by atoms with van der Waals surface area (Å²) in [5.74, 6) is 0.730. The first-order chi connectivity index (χ1) is 13.7. The molecule has 0 radical (unpaired) electrons. The van der Waals surface area contributed by atoms with Crippen LogP contribution in [0.25, 0.3) is 15.7 Å². The molecule has 2 aromatic carbocycles. The first kappa shape index (κ1) is 18.3. The molecule has 1 aliphatic rings. The number of unbranched alkanes of at least 4 members (excludes halogenated alkanes) is 1. The normalized spacial score (nSPS) is 13.8. The van der Waals surface area contributed by atoms with E-state index < -0.39 is 0 Å². The minimum absolute atomic E-state index is 0.178. The molecule has 5 heteroatoms. The Kier molecular flexibility index (Phi) is 5.41. The Morgan fingerprint density at radius 1 is 1.11 bits per heavy atom. The summed E-state index contributed by atoms with van der Waals surface area (Å²) in [7, 11) is 0. The largest absolute Gasteiger partial charge is 0.506 e. The van der Waals surface area contributed by atoms with Crippen LogP contribution in [0.1, 0.15) is 24.0 Å². The fourth-order valence-corrected chi connectivity index (χ4v) is 3.67. The summed E-state index contributed by atoms with van der Waals surface area (Å²) < 4.78 is 5.77. The van der Waals surface area contributed by atoms with Crippen LogP contribution >= 0.6 is 0 Å². The van der Waals surface area contributed by atoms with Crippen LogP contribution in [0, 0.1) is 6.57 Å². The zero-order valence-corrected chi connectivity index (χ0v) is 15.8. The van der Waals surface area contributed by atoms with Crippen molar-refractivity contribution in [3.63, 3.8) is 0 Å². The first-order valence-corrected chi connectivity index (χ1v) is 9.66. The van der Waals surface area contributed by atoms with Crippen LogP contribution in [0.4, 0.5) is 5.69 Å². The van der Waals surface area contributed by atoms with Gasteiger partial charge < -0.3 is 9.84 Å². The zero-order valence-electron chi connectivity index (χ0n) is 15.8. The number of fused-ring (bicyclic) bond motifs is 2. The van der Waals surface area contributed by atoms with Crippen molar-refractivity contribution < 1.29 is 9.84 Å². The van der Waals surface area contributed by atoms with E-state index in [0.717, 1.165) is 50.0 Å². The van der Waals surface area contributed by atoms with E-state index in [1.807, 2.05) is 36.4 Å². The van der Waals surface area contributed by atoms with Gasteiger partial charge in [0, 0.05) is 24.5 Å². The van der Waals surface area contributed by atoms with Crippen molar-refractivity contribution in [2.24, 2.45) is 0 Å². The summed E-state index contributed by atoms with van der Waals surface area (Å²) in [5, 5.41) is 10.8. The number of pyridine rings is 1. The van der Waals surface area contributed by atoms with Gasteiger partial charge in [-0.2, -0.15) is 0 Å². The molecule has 0 saturated heterocycles. The molecule has 0 atom stereocenters. The highest BCUT2D eigenvalue weighted by Gasteiger charge is 2.16. The number of hydrogen-bond donors (Lipinski definition) is 1. The number of nitrogens with zero attached hydrogens (tertiary/aromatic N) is 3. The lowest BCUT2D eigenvalue weighted by Crippen LogP contribution is -2.31. The van der Waals surface area contributed by atoms with Crippen LogP contribution < -0.4 is 4.74 Å². The van der Waals surface area contributed by atoms with Gasteiger partial charge in [0.1, 0.15) is 11.3 Å². The fourth-order valence-electron chi connectivity index (χ4n) is 3.67. The molecule has 5 nitrogen and oxygen atoms in total. The number of hydrogen-bond acceptors (Lipinski definition) is 4. The summed E-state index contributed by atoms with van der Waals surface area (Å²) in [6.07, 6.45) is 3.04. The Labute approximate surface area is 165 Å². The number of rotatable bonds is 6. The van der Waals surface area contributed by atoms with Crippen molar-refractivity contribution in [1.29, 1.82) is 0 Å². The standard InChI is InChI=1S/C23H23N3O2/c1-24-20-9-7-19-16-26(13-11-18(19)15-20)12-2-3-14-28-22-10-8-17-5-4-6-21(27)23(17)25-22/h4-10,15,27H,2-3,11-14,16H2. The lowest BCUT2D eigenvalue weighted by molar-refractivity contribution is 0.233. The third kappa shape index (κ3) is 4.08. The van der Waals surface area contributed by atoms with E-state index in [1.165, 1.54) is 11.1 Å². The zero-order chi connectivity index (χ0) is 19.3. The Bertz CT molecular complexity index is 1030. The van der Waals surface area contributed by atoms with Gasteiger partial charge in [-0.05, 0) is 43.5 Å². The smallest absolute Gasteiger partial charge is 0.213 e. The highest BCUT2D eigenvalue weighted by molar-refractivity contribution is 5.84. The molecule has 0 bridgehead atoms. The second kappa shape index (κ2) is 8.28. The lowest BCUT2D eigenvalue weighted by atomic mass is 9.99. The average molecular weight is 373 g/mol. The van der Waals surface area contributed by atoms with Crippen LogP contribution in [0.5, 0.6) is 11.6 Å². The topological polar surface area (TPSA) is 50.0 Å². The maximum Gasteiger partial charge on any atom is 0.213 e. The van der Waals surface area contributed by atoms with Crippen LogP contribution in [-0.4, -0.2) is 34.7 Å². The van der Waals surface area contributed by atoms with Crippen LogP contribution in [0.2, 0.25) is 0 Å². The minimum atomic E-state index is 0.178. The van der Waals surface area contributed by atoms with Gasteiger partial charge in [0.25, 0.3) is 0 Å². The monoisotopic (exact) mass is 373 g/mol. The van der Waals surface area contributed by atoms with E-state index in [2.05, 4.69) is 20.8 Å². The van der Waals surface area contributed by atoms with Gasteiger partial charge in [-0.1, -0.05) is 35.9 Å². The molecule has 0 amide bonds. The van der Waals surface area contributed by atoms with E-state index in [1.54, 1.807) is 6.07 Å². The van der Waals surface area contributed by atoms with Crippen molar-refractivity contribution in [3.05, 3.63) is 71.1 Å². The molecule has 3 aromatic rings. The van der Waals surface area contributed by atoms with E-state index in [0.29, 0.717) is 18.0 Å². The predicted octanol–water partition coefficient (Wildman–Crippen LogP) is 4.71. The molecule has 0 fully saturated rings. The number of phenols is 1. The number of aromatic nitrogens is 1. The van der Waals surface area contributed by atoms with Gasteiger partial charge in [0.05, 0.1) is 13.2 Å². The van der Waals surface area contributed by atoms with Crippen molar-refractivity contribution in [2.75, 3.05) is 19.7 Å². The Morgan fingerprint density at radius 3 is 2.93 bits per heavy atom. The molecular weight excluding hydrogens is 350 g/mol. The SMILES string of the molecule is [C-]#[N+]c1ccc2c(c1)CCN(CCCCOc1ccc3cccc(O)c3n1)C2. The van der Waals surface area contributed by atoms with Crippen molar-refractivity contribution in [3.8, 4) is 11.6 Å². The van der Waals surface area contributed by atoms with Gasteiger partial charge in [0.2, 0.25) is 5.88 Å². The summed E-state index contributed by atoms with van der Waals surface area (Å²) >= 11 is 0. The highest BCUT2D eigenvalue weighted by Crippen LogP contribution is 2.25. The molecule has 0 saturated carbocycles. The molecule has 1 aliphatic heterocycles. The Morgan fingerprint density at radius 2 is 2.04 bits per heavy atom. The molecule has 1 aromatic heterocycles. The quantitative estimate of drug-likeness (QED) is 0.502. The summed E-state index contributed by atoms with van der Waals surface area (Å²) in [6.45, 7) is 10.8. The molecule has 0 aliphatic carbocycles. The van der Waals surface area contributed by atoms with Gasteiger partial charge in [0.15, 0.2) is 5.69 Å². The van der Waals surface area contributed by atoms with Crippen LogP contribution in [0.3, 0.4) is 0 Å². The molecule has 0 unspecified atom stereocenters. The second-order valence-corrected chi connectivity index (χ2v) is 7.14. The molecule has 28 heavy (non-hydrogen) atoms. The maximum atomic E-state index is 9.91. The molecule has 1 N–H and O–H groups in total. The average Bonchev–Trinajstić information content (AvgIpc) is 2.73. The molecule has 4 rings (SSSR count). The lowest BCUT2D eigenvalue weighted by Gasteiger charge is -2.28. The van der Waals surface area contributed by atoms with Gasteiger partial charge >= 0.3 is 0 Å². The second-order valence-electron chi connectivity index (χ2n) is 7.14. The van der Waals surface area contributed by atoms with E-state index in [9.17, 15) is 5.11 Å². The van der Waals surface area contributed by atoms with E-state index >= 15 is 0 Å². The van der Waals surface area contributed by atoms with E-state index in [4.69, 9.17) is 11.3 Å². The highest BCUT2D eigenvalue weighted by atomic mass is 16.5. The number of benzene rings is 2. The summed E-state index contributed by atoms with van der Waals surface area (Å²) in [5.41, 5.74) is 3.97. The number of phenolic OH excluding ortho intramolecular Hbond substituents is 1. The summed E-state index contributed by atoms with van der Waals surface area (Å²) in [4.78, 5) is 10.4. The van der Waals surface area contributed by atoms with Crippen molar-refractivity contribution in [2.45, 2.75) is 25.8 Å². The van der Waals surface area contributed by atoms with Gasteiger partial charge in [-0.15, -0.1) is 0 Å². The number of para-hydroxylation sites is 1. The minimum Gasteiger partial charge on any atom is -0.506 e. The molecule has 2 heterocycles. The third-order valence-electron chi connectivity index (χ3n) is 5.20. The first-order valence-electron chi connectivity index (χ1n) is 9.66. The van der Waals surface area contributed by atoms with Crippen molar-refractivity contribution in [1.82, 2.24) is 9.88 Å². The van der Waals surface area contributed by atoms with Crippen molar-refractivity contribution >= 4 is 16.6 Å².